The summed E-state index contributed by atoms with van der Waals surface area (Å²) in [5.41, 5.74) is 7.81. The maximum absolute atomic E-state index is 4.62. The van der Waals surface area contributed by atoms with Crippen molar-refractivity contribution in [1.82, 2.24) is 10.2 Å². The van der Waals surface area contributed by atoms with Crippen LogP contribution >= 0.6 is 0 Å². The summed E-state index contributed by atoms with van der Waals surface area (Å²) in [6.45, 7) is 4.14. The number of hydrogen-bond acceptors (Lipinski definition) is 4. The molecule has 5 aromatic rings. The summed E-state index contributed by atoms with van der Waals surface area (Å²) in [5.74, 6) is 0. The Hall–Kier alpha value is -4.18. The summed E-state index contributed by atoms with van der Waals surface area (Å²) in [5, 5.41) is 11.2. The first-order valence-corrected chi connectivity index (χ1v) is 10.6. The Morgan fingerprint density at radius 1 is 0.531 bits per heavy atom. The number of aryl methyl sites for hydroxylation is 2. The van der Waals surface area contributed by atoms with Crippen molar-refractivity contribution in [3.05, 3.63) is 107 Å². The quantitative estimate of drug-likeness (QED) is 0.237. The van der Waals surface area contributed by atoms with Gasteiger partial charge in [0.25, 0.3) is 0 Å². The summed E-state index contributed by atoms with van der Waals surface area (Å²) >= 11 is 0. The molecule has 1 heterocycles. The molecule has 0 aliphatic heterocycles. The maximum atomic E-state index is 4.62. The maximum Gasteiger partial charge on any atom is 0.102 e. The van der Waals surface area contributed by atoms with E-state index in [9.17, 15) is 0 Å². The fraction of sp³-hybridized carbons (Fsp3) is 0.0714. The molecule has 0 amide bonds. The third-order valence-electron chi connectivity index (χ3n) is 5.45. The molecular formula is C28H22N4. The Morgan fingerprint density at radius 2 is 0.938 bits per heavy atom. The molecule has 0 bridgehead atoms. The van der Waals surface area contributed by atoms with Crippen molar-refractivity contribution in [3.63, 3.8) is 0 Å². The van der Waals surface area contributed by atoms with Crippen LogP contribution in [0.5, 0.6) is 0 Å². The van der Waals surface area contributed by atoms with Gasteiger partial charge in [0.05, 0.1) is 11.4 Å². The van der Waals surface area contributed by atoms with E-state index >= 15 is 0 Å². The molecule has 0 fully saturated rings. The topological polar surface area (TPSA) is 50.5 Å². The fourth-order valence-electron chi connectivity index (χ4n) is 3.64. The van der Waals surface area contributed by atoms with Crippen molar-refractivity contribution in [2.45, 2.75) is 13.8 Å². The van der Waals surface area contributed by atoms with E-state index in [1.807, 2.05) is 61.0 Å². The molecule has 32 heavy (non-hydrogen) atoms. The number of fused-ring (bicyclic) bond motifs is 3. The Bertz CT molecular complexity index is 1350. The Morgan fingerprint density at radius 3 is 1.34 bits per heavy atom. The number of rotatable bonds is 4. The van der Waals surface area contributed by atoms with Gasteiger partial charge in [0.1, 0.15) is 11.0 Å². The van der Waals surface area contributed by atoms with Crippen LogP contribution < -0.4 is 0 Å². The number of hydrogen-bond donors (Lipinski definition) is 0. The minimum absolute atomic E-state index is 0.837. The van der Waals surface area contributed by atoms with Gasteiger partial charge in [-0.15, -0.1) is 10.2 Å². The van der Waals surface area contributed by atoms with Gasteiger partial charge < -0.3 is 0 Å². The van der Waals surface area contributed by atoms with Gasteiger partial charge in [-0.2, -0.15) is 0 Å². The van der Waals surface area contributed by atoms with E-state index in [1.54, 1.807) is 0 Å². The molecule has 0 unspecified atom stereocenters. The number of benzene rings is 4. The highest BCUT2D eigenvalue weighted by atomic mass is 15.1. The average molecular weight is 415 g/mol. The molecular weight excluding hydrogens is 392 g/mol. The second kappa shape index (κ2) is 8.52. The van der Waals surface area contributed by atoms with Gasteiger partial charge in [0, 0.05) is 34.3 Å². The summed E-state index contributed by atoms with van der Waals surface area (Å²) in [6, 6.07) is 28.5. The fourth-order valence-corrected chi connectivity index (χ4v) is 3.64. The van der Waals surface area contributed by atoms with Crippen LogP contribution in [0.15, 0.2) is 94.9 Å². The van der Waals surface area contributed by atoms with Crippen molar-refractivity contribution >= 4 is 45.6 Å². The highest BCUT2D eigenvalue weighted by molar-refractivity contribution is 6.12. The molecule has 4 aromatic carbocycles. The van der Waals surface area contributed by atoms with Gasteiger partial charge in [-0.3, -0.25) is 9.98 Å². The molecule has 1 aromatic heterocycles. The van der Waals surface area contributed by atoms with Crippen molar-refractivity contribution in [1.29, 1.82) is 0 Å². The van der Waals surface area contributed by atoms with Gasteiger partial charge in [0.2, 0.25) is 0 Å². The SMILES string of the molecule is Cc1ccc(/N=C/c2cccc3c2nnc2c(/C=N/c4ccc(C)cc4)cccc23)cc1. The lowest BCUT2D eigenvalue weighted by molar-refractivity contribution is 1.12. The Labute approximate surface area is 187 Å². The van der Waals surface area contributed by atoms with Crippen molar-refractivity contribution in [2.24, 2.45) is 9.98 Å². The molecule has 0 aliphatic rings. The zero-order valence-electron chi connectivity index (χ0n) is 18.0. The van der Waals surface area contributed by atoms with Crippen LogP contribution in [0.3, 0.4) is 0 Å². The molecule has 0 atom stereocenters. The smallest absolute Gasteiger partial charge is 0.102 e. The van der Waals surface area contributed by atoms with Crippen LogP contribution in [-0.2, 0) is 0 Å². The van der Waals surface area contributed by atoms with Crippen LogP contribution in [0.25, 0.3) is 21.8 Å². The van der Waals surface area contributed by atoms with E-state index in [1.165, 1.54) is 11.1 Å². The third kappa shape index (κ3) is 4.03. The zero-order chi connectivity index (χ0) is 21.9. The summed E-state index contributed by atoms with van der Waals surface area (Å²) in [4.78, 5) is 9.24. The predicted molar refractivity (Wildman–Crippen MR) is 134 cm³/mol. The molecule has 4 heteroatoms. The molecule has 0 aliphatic carbocycles. The Balaban J connectivity index is 1.55. The summed E-state index contributed by atoms with van der Waals surface area (Å²) in [6.07, 6.45) is 3.71. The second-order valence-electron chi connectivity index (χ2n) is 7.87. The monoisotopic (exact) mass is 414 g/mol. The molecule has 5 rings (SSSR count). The van der Waals surface area contributed by atoms with E-state index in [2.05, 4.69) is 70.4 Å². The van der Waals surface area contributed by atoms with Crippen LogP contribution in [0, 0.1) is 13.8 Å². The number of nitrogens with zero attached hydrogens (tertiary/aromatic N) is 4. The van der Waals surface area contributed by atoms with Crippen LogP contribution in [0.4, 0.5) is 11.4 Å². The minimum atomic E-state index is 0.837. The highest BCUT2D eigenvalue weighted by Gasteiger charge is 2.09. The van der Waals surface area contributed by atoms with E-state index in [-0.39, 0.29) is 0 Å². The van der Waals surface area contributed by atoms with E-state index in [0.29, 0.717) is 0 Å². The number of aliphatic imine (C=N–C) groups is 2. The van der Waals surface area contributed by atoms with Crippen LogP contribution in [0.2, 0.25) is 0 Å². The van der Waals surface area contributed by atoms with E-state index in [0.717, 1.165) is 44.3 Å². The summed E-state index contributed by atoms with van der Waals surface area (Å²) < 4.78 is 0. The predicted octanol–water partition coefficient (Wildman–Crippen LogP) is 6.90. The summed E-state index contributed by atoms with van der Waals surface area (Å²) in [7, 11) is 0. The molecule has 0 saturated heterocycles. The molecule has 0 N–H and O–H groups in total. The molecule has 0 spiro atoms. The first kappa shape index (κ1) is 19.8. The van der Waals surface area contributed by atoms with E-state index < -0.39 is 0 Å². The lowest BCUT2D eigenvalue weighted by Crippen LogP contribution is -1.95. The van der Waals surface area contributed by atoms with Crippen molar-refractivity contribution in [2.75, 3.05) is 0 Å². The standard InChI is InChI=1S/C28H22N4/c1-19-9-13-23(14-10-19)29-17-21-5-3-7-25-26-8-4-6-22(28(26)32-31-27(21)25)18-30-24-15-11-20(2)12-16-24/h3-18H,1-2H3/b29-17+,30-18+. The largest absolute Gasteiger partial charge is 0.256 e. The third-order valence-corrected chi connectivity index (χ3v) is 5.45. The lowest BCUT2D eigenvalue weighted by Gasteiger charge is -2.06. The van der Waals surface area contributed by atoms with E-state index in [4.69, 9.17) is 0 Å². The molecule has 4 nitrogen and oxygen atoms in total. The minimum Gasteiger partial charge on any atom is -0.256 e. The first-order chi connectivity index (χ1) is 15.7. The normalized spacial score (nSPS) is 11.8. The average Bonchev–Trinajstić information content (AvgIpc) is 2.83. The van der Waals surface area contributed by atoms with Crippen LogP contribution in [0.1, 0.15) is 22.3 Å². The highest BCUT2D eigenvalue weighted by Crippen LogP contribution is 2.26. The Kier molecular flexibility index (Phi) is 5.26. The molecule has 154 valence electrons. The van der Waals surface area contributed by atoms with Gasteiger partial charge in [-0.25, -0.2) is 0 Å². The van der Waals surface area contributed by atoms with Crippen LogP contribution in [-0.4, -0.2) is 22.6 Å². The van der Waals surface area contributed by atoms with Gasteiger partial charge in [-0.1, -0.05) is 71.8 Å². The van der Waals surface area contributed by atoms with Gasteiger partial charge in [-0.05, 0) is 38.1 Å². The molecule has 0 radical (unpaired) electrons. The molecule has 0 saturated carbocycles. The number of aromatic nitrogens is 2. The van der Waals surface area contributed by atoms with Crippen molar-refractivity contribution < 1.29 is 0 Å². The second-order valence-corrected chi connectivity index (χ2v) is 7.87. The first-order valence-electron chi connectivity index (χ1n) is 10.6. The zero-order valence-corrected chi connectivity index (χ0v) is 18.0. The van der Waals surface area contributed by atoms with Gasteiger partial charge >= 0.3 is 0 Å². The van der Waals surface area contributed by atoms with Crippen molar-refractivity contribution in [3.8, 4) is 0 Å². The van der Waals surface area contributed by atoms with Gasteiger partial charge in [0.15, 0.2) is 0 Å². The lowest BCUT2D eigenvalue weighted by atomic mass is 10.0.